The summed E-state index contributed by atoms with van der Waals surface area (Å²) in [6, 6.07) is 14.3. The monoisotopic (exact) mass is 322 g/mol. The Morgan fingerprint density at radius 1 is 1.12 bits per heavy atom. The summed E-state index contributed by atoms with van der Waals surface area (Å²) >= 11 is 0. The second kappa shape index (κ2) is 7.30. The Morgan fingerprint density at radius 2 is 1.92 bits per heavy atom. The van der Waals surface area contributed by atoms with Gasteiger partial charge in [0.25, 0.3) is 0 Å². The lowest BCUT2D eigenvalue weighted by Gasteiger charge is -2.04. The zero-order chi connectivity index (χ0) is 16.9. The van der Waals surface area contributed by atoms with E-state index >= 15 is 0 Å². The summed E-state index contributed by atoms with van der Waals surface area (Å²) in [5, 5.41) is 4.24. The van der Waals surface area contributed by atoms with Crippen molar-refractivity contribution in [1.82, 2.24) is 4.98 Å². The number of methoxy groups -OCH3 is 1. The van der Waals surface area contributed by atoms with E-state index < -0.39 is 0 Å². The van der Waals surface area contributed by atoms with E-state index in [0.29, 0.717) is 0 Å². The van der Waals surface area contributed by atoms with Crippen LogP contribution in [0.15, 0.2) is 47.6 Å². The number of nitroso groups, excluding NO2 is 1. The molecule has 3 aromatic rings. The molecule has 4 nitrogen and oxygen atoms in total. The summed E-state index contributed by atoms with van der Waals surface area (Å²) < 4.78 is 5.22. The van der Waals surface area contributed by atoms with Gasteiger partial charge in [0.1, 0.15) is 12.3 Å². The summed E-state index contributed by atoms with van der Waals surface area (Å²) in [5.41, 5.74) is 5.29. The van der Waals surface area contributed by atoms with Gasteiger partial charge in [0.15, 0.2) is 0 Å². The van der Waals surface area contributed by atoms with Crippen molar-refractivity contribution in [3.8, 4) is 17.0 Å². The second-order valence-electron chi connectivity index (χ2n) is 5.98. The number of nitrogens with zero attached hydrogens (tertiary/aromatic N) is 1. The first kappa shape index (κ1) is 16.2. The molecule has 0 aliphatic heterocycles. The highest BCUT2D eigenvalue weighted by Crippen LogP contribution is 2.32. The molecule has 0 aliphatic carbocycles. The molecule has 124 valence electrons. The van der Waals surface area contributed by atoms with Gasteiger partial charge >= 0.3 is 0 Å². The number of hydrogen-bond acceptors (Lipinski definition) is 3. The molecule has 1 N–H and O–H groups in total. The zero-order valence-corrected chi connectivity index (χ0v) is 14.1. The third-order valence-corrected chi connectivity index (χ3v) is 4.39. The summed E-state index contributed by atoms with van der Waals surface area (Å²) in [5.74, 6) is 0.812. The van der Waals surface area contributed by atoms with Gasteiger partial charge in [0.05, 0.1) is 12.8 Å². The van der Waals surface area contributed by atoms with Gasteiger partial charge in [0.2, 0.25) is 0 Å². The van der Waals surface area contributed by atoms with Gasteiger partial charge in [-0.25, -0.2) is 0 Å². The number of rotatable bonds is 7. The minimum atomic E-state index is 0.165. The van der Waals surface area contributed by atoms with Crippen LogP contribution in [0.5, 0.6) is 5.75 Å². The Kier molecular flexibility index (Phi) is 4.94. The Balaban J connectivity index is 2.08. The molecule has 0 aliphatic rings. The van der Waals surface area contributed by atoms with Gasteiger partial charge < -0.3 is 9.72 Å². The van der Waals surface area contributed by atoms with Crippen molar-refractivity contribution in [2.24, 2.45) is 5.18 Å². The van der Waals surface area contributed by atoms with Crippen LogP contribution in [-0.4, -0.2) is 12.1 Å². The molecule has 1 heterocycles. The van der Waals surface area contributed by atoms with Crippen LogP contribution in [0.1, 0.15) is 30.9 Å². The van der Waals surface area contributed by atoms with Crippen molar-refractivity contribution in [2.45, 2.75) is 32.7 Å². The third-order valence-electron chi connectivity index (χ3n) is 4.39. The van der Waals surface area contributed by atoms with E-state index in [1.807, 2.05) is 24.3 Å². The van der Waals surface area contributed by atoms with Crippen LogP contribution in [0.4, 0.5) is 0 Å². The molecule has 4 heteroatoms. The van der Waals surface area contributed by atoms with E-state index in [1.165, 1.54) is 18.4 Å². The SMILES string of the molecule is CCCCc1ccc2[nH]c(-c3ccc(OC)cc3)c(CN=O)c2c1. The number of aryl methyl sites for hydroxylation is 1. The number of nitrogens with one attached hydrogen (secondary N) is 1. The number of unbranched alkanes of at least 4 members (excludes halogenated alkanes) is 1. The van der Waals surface area contributed by atoms with E-state index in [2.05, 4.69) is 35.3 Å². The maximum Gasteiger partial charge on any atom is 0.118 e. The van der Waals surface area contributed by atoms with Gasteiger partial charge in [-0.05, 0) is 60.4 Å². The van der Waals surface area contributed by atoms with Crippen LogP contribution in [0, 0.1) is 4.91 Å². The minimum absolute atomic E-state index is 0.165. The Labute approximate surface area is 141 Å². The number of benzene rings is 2. The first-order valence-electron chi connectivity index (χ1n) is 8.33. The average Bonchev–Trinajstić information content (AvgIpc) is 2.98. The summed E-state index contributed by atoms with van der Waals surface area (Å²) in [4.78, 5) is 14.4. The molecule has 0 spiro atoms. The molecule has 3 rings (SSSR count). The summed E-state index contributed by atoms with van der Waals surface area (Å²) in [6.07, 6.45) is 3.40. The van der Waals surface area contributed by atoms with E-state index in [-0.39, 0.29) is 6.54 Å². The quantitative estimate of drug-likeness (QED) is 0.588. The maximum atomic E-state index is 11.0. The van der Waals surface area contributed by atoms with E-state index in [1.54, 1.807) is 7.11 Å². The lowest BCUT2D eigenvalue weighted by Crippen LogP contribution is -1.87. The molecule has 2 aromatic carbocycles. The van der Waals surface area contributed by atoms with E-state index in [9.17, 15) is 4.91 Å². The second-order valence-corrected chi connectivity index (χ2v) is 5.98. The lowest BCUT2D eigenvalue weighted by molar-refractivity contribution is 0.415. The molecule has 0 saturated heterocycles. The van der Waals surface area contributed by atoms with Crippen LogP contribution in [-0.2, 0) is 13.0 Å². The molecule has 0 amide bonds. The van der Waals surface area contributed by atoms with Crippen molar-refractivity contribution < 1.29 is 4.74 Å². The van der Waals surface area contributed by atoms with Crippen molar-refractivity contribution >= 4 is 10.9 Å². The fourth-order valence-electron chi connectivity index (χ4n) is 3.06. The predicted octanol–water partition coefficient (Wildman–Crippen LogP) is 5.45. The molecular formula is C20H22N2O2. The number of hydrogen-bond donors (Lipinski definition) is 1. The van der Waals surface area contributed by atoms with Crippen LogP contribution in [0.2, 0.25) is 0 Å². The van der Waals surface area contributed by atoms with Crippen LogP contribution < -0.4 is 4.74 Å². The summed E-state index contributed by atoms with van der Waals surface area (Å²) in [7, 11) is 1.65. The Hall–Kier alpha value is -2.62. The van der Waals surface area contributed by atoms with Gasteiger partial charge in [-0.1, -0.05) is 24.6 Å². The molecule has 1 aromatic heterocycles. The highest BCUT2D eigenvalue weighted by atomic mass is 16.5. The van der Waals surface area contributed by atoms with Gasteiger partial charge in [0, 0.05) is 16.5 Å². The normalized spacial score (nSPS) is 10.9. The van der Waals surface area contributed by atoms with Crippen molar-refractivity contribution in [3.05, 3.63) is 58.5 Å². The number of H-pyrrole nitrogens is 1. The Bertz CT molecular complexity index is 835. The number of ether oxygens (including phenoxy) is 1. The molecule has 0 radical (unpaired) electrons. The predicted molar refractivity (Wildman–Crippen MR) is 98.4 cm³/mol. The first-order valence-corrected chi connectivity index (χ1v) is 8.33. The molecular weight excluding hydrogens is 300 g/mol. The molecule has 0 unspecified atom stereocenters. The molecule has 0 atom stereocenters. The fourth-order valence-corrected chi connectivity index (χ4v) is 3.06. The summed E-state index contributed by atoms with van der Waals surface area (Å²) in [6.45, 7) is 2.36. The fraction of sp³-hybridized carbons (Fsp3) is 0.300. The smallest absolute Gasteiger partial charge is 0.118 e. The highest BCUT2D eigenvalue weighted by Gasteiger charge is 2.14. The number of fused-ring (bicyclic) bond motifs is 1. The molecule has 24 heavy (non-hydrogen) atoms. The lowest BCUT2D eigenvalue weighted by atomic mass is 10.0. The van der Waals surface area contributed by atoms with Crippen molar-refractivity contribution in [2.75, 3.05) is 7.11 Å². The van der Waals surface area contributed by atoms with Gasteiger partial charge in [-0.15, -0.1) is 0 Å². The van der Waals surface area contributed by atoms with Crippen LogP contribution in [0.3, 0.4) is 0 Å². The number of aromatic nitrogens is 1. The standard InChI is InChI=1S/C20H22N2O2/c1-3-4-5-14-6-11-19-17(12-14)18(13-21-23)20(22-19)15-7-9-16(24-2)10-8-15/h6-12,22H,3-5,13H2,1-2H3. The minimum Gasteiger partial charge on any atom is -0.497 e. The number of aromatic amines is 1. The first-order chi connectivity index (χ1) is 11.8. The molecule has 0 bridgehead atoms. The van der Waals surface area contributed by atoms with Crippen molar-refractivity contribution in [1.29, 1.82) is 0 Å². The topological polar surface area (TPSA) is 54.4 Å². The zero-order valence-electron chi connectivity index (χ0n) is 14.1. The Morgan fingerprint density at radius 3 is 2.58 bits per heavy atom. The van der Waals surface area contributed by atoms with Crippen molar-refractivity contribution in [3.63, 3.8) is 0 Å². The highest BCUT2D eigenvalue weighted by molar-refractivity contribution is 5.91. The maximum absolute atomic E-state index is 11.0. The van der Waals surface area contributed by atoms with Crippen LogP contribution >= 0.6 is 0 Å². The largest absolute Gasteiger partial charge is 0.497 e. The van der Waals surface area contributed by atoms with Gasteiger partial charge in [-0.3, -0.25) is 0 Å². The average molecular weight is 322 g/mol. The van der Waals surface area contributed by atoms with E-state index in [0.717, 1.165) is 39.9 Å². The molecule has 0 fully saturated rings. The van der Waals surface area contributed by atoms with Gasteiger partial charge in [-0.2, -0.15) is 4.91 Å². The molecule has 0 saturated carbocycles. The van der Waals surface area contributed by atoms with E-state index in [4.69, 9.17) is 4.74 Å². The third kappa shape index (κ3) is 3.18. The van der Waals surface area contributed by atoms with Crippen LogP contribution in [0.25, 0.3) is 22.2 Å².